The van der Waals surface area contributed by atoms with E-state index >= 15 is 0 Å². The number of ether oxygens (including phenoxy) is 2. The van der Waals surface area contributed by atoms with Crippen molar-refractivity contribution in [3.05, 3.63) is 112 Å². The molecule has 5 nitrogen and oxygen atoms in total. The summed E-state index contributed by atoms with van der Waals surface area (Å²) in [6.07, 6.45) is -5.07. The molecule has 0 spiro atoms. The molecule has 5 rings (SSSR count). The van der Waals surface area contributed by atoms with Crippen molar-refractivity contribution in [2.24, 2.45) is 0 Å². The second-order valence-electron chi connectivity index (χ2n) is 7.73. The van der Waals surface area contributed by atoms with E-state index in [0.29, 0.717) is 5.39 Å². The summed E-state index contributed by atoms with van der Waals surface area (Å²) in [6.45, 7) is 0. The van der Waals surface area contributed by atoms with Crippen LogP contribution in [-0.4, -0.2) is 5.97 Å². The number of alkyl halides is 3. The molecule has 0 radical (unpaired) electrons. The van der Waals surface area contributed by atoms with E-state index in [4.69, 9.17) is 13.9 Å². The molecule has 0 aliphatic rings. The van der Waals surface area contributed by atoms with Gasteiger partial charge >= 0.3 is 12.1 Å². The lowest BCUT2D eigenvalue weighted by atomic mass is 10.1. The summed E-state index contributed by atoms with van der Waals surface area (Å²) in [4.78, 5) is 25.3. The molecule has 36 heavy (non-hydrogen) atoms. The minimum Gasteiger partial charge on any atom is -0.449 e. The first kappa shape index (κ1) is 23.1. The highest BCUT2D eigenvalue weighted by Gasteiger charge is 2.40. The summed E-state index contributed by atoms with van der Waals surface area (Å²) in [5.74, 6) is -4.80. The van der Waals surface area contributed by atoms with Crippen LogP contribution in [0.4, 0.5) is 17.6 Å². The lowest BCUT2D eigenvalue weighted by Gasteiger charge is -2.14. The molecule has 0 aliphatic heterocycles. The summed E-state index contributed by atoms with van der Waals surface area (Å²) < 4.78 is 70.9. The summed E-state index contributed by atoms with van der Waals surface area (Å²) in [7, 11) is 0. The van der Waals surface area contributed by atoms with Gasteiger partial charge in [-0.05, 0) is 47.2 Å². The number of rotatable bonds is 4. The van der Waals surface area contributed by atoms with Gasteiger partial charge in [0.15, 0.2) is 0 Å². The van der Waals surface area contributed by atoms with Gasteiger partial charge in [0.2, 0.25) is 11.2 Å². The monoisotopic (exact) mass is 494 g/mol. The van der Waals surface area contributed by atoms with Gasteiger partial charge in [-0.1, -0.05) is 42.5 Å². The largest absolute Gasteiger partial charge is 0.453 e. The van der Waals surface area contributed by atoms with Crippen LogP contribution in [0.15, 0.2) is 94.1 Å². The van der Waals surface area contributed by atoms with E-state index < -0.39 is 40.5 Å². The number of carbonyl (C=O) groups excluding carboxylic acids is 1. The highest BCUT2D eigenvalue weighted by Crippen LogP contribution is 2.39. The van der Waals surface area contributed by atoms with Crippen LogP contribution in [0.1, 0.15) is 16.1 Å². The van der Waals surface area contributed by atoms with Crippen molar-refractivity contribution < 1.29 is 36.2 Å². The molecule has 5 aromatic rings. The highest BCUT2D eigenvalue weighted by molar-refractivity contribution is 5.92. The number of carbonyl (C=O) groups is 1. The standard InChI is InChI=1S/C27H14F4O5/c28-21-8-4-3-7-19(21)26(33)35-18-11-12-20-22(14-18)36-25(27(29,30)31)24(23(20)32)34-17-10-9-15-5-1-2-6-16(15)13-17/h1-14H. The van der Waals surface area contributed by atoms with Gasteiger partial charge in [-0.3, -0.25) is 4.79 Å². The Labute approximate surface area is 200 Å². The fourth-order valence-electron chi connectivity index (χ4n) is 3.64. The van der Waals surface area contributed by atoms with Gasteiger partial charge in [0.05, 0.1) is 10.9 Å². The molecule has 180 valence electrons. The van der Waals surface area contributed by atoms with Crippen LogP contribution < -0.4 is 14.9 Å². The van der Waals surface area contributed by atoms with E-state index in [1.807, 2.05) is 12.1 Å². The van der Waals surface area contributed by atoms with E-state index in [9.17, 15) is 27.2 Å². The zero-order valence-electron chi connectivity index (χ0n) is 18.1. The number of halogens is 4. The first-order valence-corrected chi connectivity index (χ1v) is 10.5. The molecule has 0 unspecified atom stereocenters. The first-order chi connectivity index (χ1) is 17.2. The maximum absolute atomic E-state index is 13.8. The van der Waals surface area contributed by atoms with E-state index in [1.165, 1.54) is 36.4 Å². The molecule has 0 bridgehead atoms. The predicted molar refractivity (Wildman–Crippen MR) is 123 cm³/mol. The van der Waals surface area contributed by atoms with Crippen LogP contribution in [0, 0.1) is 5.82 Å². The second kappa shape index (κ2) is 8.84. The SMILES string of the molecule is O=C(Oc1ccc2c(=O)c(Oc3ccc4ccccc4c3)c(C(F)(F)F)oc2c1)c1ccccc1F. The summed E-state index contributed by atoms with van der Waals surface area (Å²) in [5, 5.41) is 1.31. The normalized spacial score (nSPS) is 11.6. The third-order valence-corrected chi connectivity index (χ3v) is 5.32. The predicted octanol–water partition coefficient (Wildman–Crippen LogP) is 7.12. The lowest BCUT2D eigenvalue weighted by Crippen LogP contribution is -2.16. The van der Waals surface area contributed by atoms with Crippen molar-refractivity contribution >= 4 is 27.7 Å². The fourth-order valence-corrected chi connectivity index (χ4v) is 3.64. The van der Waals surface area contributed by atoms with Crippen molar-refractivity contribution in [2.45, 2.75) is 6.18 Å². The van der Waals surface area contributed by atoms with Crippen LogP contribution in [0.3, 0.4) is 0 Å². The average molecular weight is 494 g/mol. The van der Waals surface area contributed by atoms with Gasteiger partial charge in [0, 0.05) is 6.07 Å². The Bertz CT molecular complexity index is 1690. The summed E-state index contributed by atoms with van der Waals surface area (Å²) in [6, 6.07) is 20.1. The van der Waals surface area contributed by atoms with Crippen LogP contribution in [0.5, 0.6) is 17.2 Å². The molecule has 1 heterocycles. The Balaban J connectivity index is 1.56. The van der Waals surface area contributed by atoms with Crippen molar-refractivity contribution in [3.63, 3.8) is 0 Å². The smallest absolute Gasteiger partial charge is 0.449 e. The molecular weight excluding hydrogens is 480 g/mol. The average Bonchev–Trinajstić information content (AvgIpc) is 2.85. The highest BCUT2D eigenvalue weighted by atomic mass is 19.4. The third-order valence-electron chi connectivity index (χ3n) is 5.32. The number of hydrogen-bond acceptors (Lipinski definition) is 5. The topological polar surface area (TPSA) is 65.7 Å². The van der Waals surface area contributed by atoms with E-state index in [-0.39, 0.29) is 22.4 Å². The minimum atomic E-state index is -5.07. The van der Waals surface area contributed by atoms with Gasteiger partial charge < -0.3 is 13.9 Å². The molecule has 9 heteroatoms. The molecule has 4 aromatic carbocycles. The van der Waals surface area contributed by atoms with Crippen LogP contribution >= 0.6 is 0 Å². The van der Waals surface area contributed by atoms with Crippen LogP contribution in [0.25, 0.3) is 21.7 Å². The van der Waals surface area contributed by atoms with Crippen molar-refractivity contribution in [3.8, 4) is 17.2 Å². The maximum Gasteiger partial charge on any atom is 0.453 e. The Morgan fingerprint density at radius 2 is 1.50 bits per heavy atom. The minimum absolute atomic E-state index is 0.0151. The number of hydrogen-bond donors (Lipinski definition) is 0. The fraction of sp³-hybridized carbons (Fsp3) is 0.0370. The Kier molecular flexibility index (Phi) is 5.68. The van der Waals surface area contributed by atoms with Crippen LogP contribution in [-0.2, 0) is 6.18 Å². The molecule has 0 aliphatic carbocycles. The zero-order valence-corrected chi connectivity index (χ0v) is 18.1. The number of esters is 1. The molecule has 0 fully saturated rings. The Morgan fingerprint density at radius 3 is 2.25 bits per heavy atom. The molecule has 0 saturated heterocycles. The van der Waals surface area contributed by atoms with Gasteiger partial charge in [-0.2, -0.15) is 13.2 Å². The molecule has 0 atom stereocenters. The first-order valence-electron chi connectivity index (χ1n) is 10.5. The second-order valence-corrected chi connectivity index (χ2v) is 7.73. The van der Waals surface area contributed by atoms with E-state index in [0.717, 1.165) is 23.6 Å². The third kappa shape index (κ3) is 4.38. The van der Waals surface area contributed by atoms with Gasteiger partial charge in [0.1, 0.15) is 22.9 Å². The molecule has 0 saturated carbocycles. The van der Waals surface area contributed by atoms with Crippen molar-refractivity contribution in [1.29, 1.82) is 0 Å². The maximum atomic E-state index is 13.8. The quantitative estimate of drug-likeness (QED) is 0.151. The van der Waals surface area contributed by atoms with Crippen LogP contribution in [0.2, 0.25) is 0 Å². The Morgan fingerprint density at radius 1 is 0.806 bits per heavy atom. The molecule has 1 aromatic heterocycles. The zero-order chi connectivity index (χ0) is 25.4. The number of fused-ring (bicyclic) bond motifs is 2. The summed E-state index contributed by atoms with van der Waals surface area (Å²) in [5.41, 5.74) is -1.92. The molecule has 0 N–H and O–H groups in total. The number of benzene rings is 4. The van der Waals surface area contributed by atoms with Crippen molar-refractivity contribution in [2.75, 3.05) is 0 Å². The van der Waals surface area contributed by atoms with E-state index in [2.05, 4.69) is 0 Å². The Hall–Kier alpha value is -4.66. The molecular formula is C27H14F4O5. The van der Waals surface area contributed by atoms with Gasteiger partial charge in [-0.25, -0.2) is 9.18 Å². The van der Waals surface area contributed by atoms with Crippen molar-refractivity contribution in [1.82, 2.24) is 0 Å². The van der Waals surface area contributed by atoms with E-state index in [1.54, 1.807) is 18.2 Å². The lowest BCUT2D eigenvalue weighted by molar-refractivity contribution is -0.154. The van der Waals surface area contributed by atoms with Gasteiger partial charge in [-0.15, -0.1) is 0 Å². The molecule has 0 amide bonds. The van der Waals surface area contributed by atoms with Gasteiger partial charge in [0.25, 0.3) is 5.76 Å². The summed E-state index contributed by atoms with van der Waals surface area (Å²) >= 11 is 0.